The SMILES string of the molecule is O=C(CS(=O)(=O)Cc1cccc(Br)c1)NC1CCCCCC1. The first kappa shape index (κ1) is 17.5. The van der Waals surface area contributed by atoms with Gasteiger partial charge in [-0.1, -0.05) is 53.7 Å². The van der Waals surface area contributed by atoms with Gasteiger partial charge in [0.15, 0.2) is 9.84 Å². The number of carbonyl (C=O) groups excluding carboxylic acids is 1. The average molecular weight is 388 g/mol. The van der Waals surface area contributed by atoms with Crippen molar-refractivity contribution in [2.75, 3.05) is 5.75 Å². The number of amides is 1. The van der Waals surface area contributed by atoms with Crippen molar-refractivity contribution >= 4 is 31.7 Å². The van der Waals surface area contributed by atoms with E-state index in [-0.39, 0.29) is 17.7 Å². The van der Waals surface area contributed by atoms with Gasteiger partial charge in [0.2, 0.25) is 5.91 Å². The van der Waals surface area contributed by atoms with Gasteiger partial charge in [-0.3, -0.25) is 4.79 Å². The number of hydrogen-bond donors (Lipinski definition) is 1. The zero-order valence-corrected chi connectivity index (χ0v) is 15.0. The first-order chi connectivity index (χ1) is 10.4. The van der Waals surface area contributed by atoms with E-state index in [0.717, 1.165) is 30.2 Å². The standard InChI is InChI=1S/C16H22BrNO3S/c17-14-7-5-6-13(10-14)11-22(20,21)12-16(19)18-15-8-3-1-2-4-9-15/h5-7,10,15H,1-4,8-9,11-12H2,(H,18,19). The molecule has 1 N–H and O–H groups in total. The van der Waals surface area contributed by atoms with Gasteiger partial charge in [-0.15, -0.1) is 0 Å². The topological polar surface area (TPSA) is 63.2 Å². The molecule has 122 valence electrons. The third kappa shape index (κ3) is 6.08. The van der Waals surface area contributed by atoms with Crippen LogP contribution in [0.25, 0.3) is 0 Å². The summed E-state index contributed by atoms with van der Waals surface area (Å²) >= 11 is 3.32. The summed E-state index contributed by atoms with van der Waals surface area (Å²) in [5.74, 6) is -0.914. The fourth-order valence-corrected chi connectivity index (χ4v) is 4.54. The molecule has 22 heavy (non-hydrogen) atoms. The van der Waals surface area contributed by atoms with Crippen LogP contribution in [-0.4, -0.2) is 26.1 Å². The Morgan fingerprint density at radius 3 is 2.50 bits per heavy atom. The molecular formula is C16H22BrNO3S. The normalized spacial score (nSPS) is 17.0. The Morgan fingerprint density at radius 2 is 1.86 bits per heavy atom. The lowest BCUT2D eigenvalue weighted by Gasteiger charge is -2.16. The second-order valence-corrected chi connectivity index (χ2v) is 8.90. The van der Waals surface area contributed by atoms with Crippen molar-refractivity contribution < 1.29 is 13.2 Å². The number of carbonyl (C=O) groups is 1. The van der Waals surface area contributed by atoms with Crippen LogP contribution in [0.5, 0.6) is 0 Å². The number of hydrogen-bond acceptors (Lipinski definition) is 3. The zero-order valence-electron chi connectivity index (χ0n) is 12.6. The molecule has 1 amide bonds. The third-order valence-corrected chi connectivity index (χ3v) is 5.82. The highest BCUT2D eigenvalue weighted by Gasteiger charge is 2.20. The summed E-state index contributed by atoms with van der Waals surface area (Å²) in [6.45, 7) is 0. The maximum absolute atomic E-state index is 12.2. The first-order valence-corrected chi connectivity index (χ1v) is 10.3. The Hall–Kier alpha value is -0.880. The minimum Gasteiger partial charge on any atom is -0.352 e. The predicted octanol–water partition coefficient (Wildman–Crippen LogP) is 3.20. The van der Waals surface area contributed by atoms with Gasteiger partial charge < -0.3 is 5.32 Å². The maximum Gasteiger partial charge on any atom is 0.235 e. The van der Waals surface area contributed by atoms with Crippen LogP contribution in [0.4, 0.5) is 0 Å². The van der Waals surface area contributed by atoms with Crippen molar-refractivity contribution in [3.8, 4) is 0 Å². The second kappa shape index (κ2) is 8.11. The Bertz CT molecular complexity index is 608. The molecule has 0 aromatic heterocycles. The maximum atomic E-state index is 12.2. The monoisotopic (exact) mass is 387 g/mol. The van der Waals surface area contributed by atoms with Gasteiger partial charge in [0, 0.05) is 10.5 Å². The molecule has 1 aliphatic carbocycles. The first-order valence-electron chi connectivity index (χ1n) is 7.69. The third-order valence-electron chi connectivity index (χ3n) is 3.85. The van der Waals surface area contributed by atoms with Crippen molar-refractivity contribution in [1.82, 2.24) is 5.32 Å². The highest BCUT2D eigenvalue weighted by molar-refractivity contribution is 9.10. The molecule has 1 aromatic carbocycles. The molecule has 2 rings (SSSR count). The van der Waals surface area contributed by atoms with Gasteiger partial charge in [0.25, 0.3) is 0 Å². The van der Waals surface area contributed by atoms with Crippen LogP contribution in [0, 0.1) is 0 Å². The summed E-state index contributed by atoms with van der Waals surface area (Å²) in [5.41, 5.74) is 0.691. The number of nitrogens with one attached hydrogen (secondary N) is 1. The van der Waals surface area contributed by atoms with Crippen LogP contribution < -0.4 is 5.32 Å². The Balaban J connectivity index is 1.89. The minimum absolute atomic E-state index is 0.107. The molecule has 0 unspecified atom stereocenters. The van der Waals surface area contributed by atoms with E-state index in [1.54, 1.807) is 18.2 Å². The van der Waals surface area contributed by atoms with Crippen molar-refractivity contribution in [2.24, 2.45) is 0 Å². The van der Waals surface area contributed by atoms with E-state index in [4.69, 9.17) is 0 Å². The lowest BCUT2D eigenvalue weighted by atomic mass is 10.1. The van der Waals surface area contributed by atoms with Crippen molar-refractivity contribution in [3.05, 3.63) is 34.3 Å². The van der Waals surface area contributed by atoms with Crippen molar-refractivity contribution in [2.45, 2.75) is 50.3 Å². The van der Waals surface area contributed by atoms with E-state index >= 15 is 0 Å². The lowest BCUT2D eigenvalue weighted by molar-refractivity contribution is -0.119. The summed E-state index contributed by atoms with van der Waals surface area (Å²) in [5, 5.41) is 2.88. The Kier molecular flexibility index (Phi) is 6.44. The van der Waals surface area contributed by atoms with Crippen molar-refractivity contribution in [1.29, 1.82) is 0 Å². The number of sulfone groups is 1. The van der Waals surface area contributed by atoms with Gasteiger partial charge in [-0.05, 0) is 30.5 Å². The van der Waals surface area contributed by atoms with Crippen LogP contribution in [0.15, 0.2) is 28.7 Å². The molecule has 6 heteroatoms. The molecule has 0 atom stereocenters. The molecule has 1 fully saturated rings. The average Bonchev–Trinajstić information content (AvgIpc) is 2.65. The van der Waals surface area contributed by atoms with Gasteiger partial charge >= 0.3 is 0 Å². The van der Waals surface area contributed by atoms with Gasteiger partial charge in [-0.2, -0.15) is 0 Å². The number of halogens is 1. The van der Waals surface area contributed by atoms with Crippen LogP contribution in [0.2, 0.25) is 0 Å². The molecule has 0 heterocycles. The molecule has 1 saturated carbocycles. The summed E-state index contributed by atoms with van der Waals surface area (Å²) in [4.78, 5) is 12.0. The molecule has 0 saturated heterocycles. The van der Waals surface area contributed by atoms with Crippen LogP contribution in [-0.2, 0) is 20.4 Å². The number of rotatable bonds is 5. The van der Waals surface area contributed by atoms with Crippen LogP contribution >= 0.6 is 15.9 Å². The molecule has 1 aromatic rings. The molecule has 1 aliphatic rings. The summed E-state index contributed by atoms with van der Waals surface area (Å²) in [6.07, 6.45) is 6.53. The highest BCUT2D eigenvalue weighted by atomic mass is 79.9. The molecule has 0 aliphatic heterocycles. The van der Waals surface area contributed by atoms with E-state index in [1.807, 2.05) is 6.07 Å². The summed E-state index contributed by atoms with van der Waals surface area (Å²) in [6, 6.07) is 7.29. The fourth-order valence-electron chi connectivity index (χ4n) is 2.82. The molecule has 0 spiro atoms. The largest absolute Gasteiger partial charge is 0.352 e. The van der Waals surface area contributed by atoms with Gasteiger partial charge in [-0.25, -0.2) is 8.42 Å². The quantitative estimate of drug-likeness (QED) is 0.788. The van der Waals surface area contributed by atoms with Gasteiger partial charge in [0.05, 0.1) is 5.75 Å². The van der Waals surface area contributed by atoms with E-state index in [9.17, 15) is 13.2 Å². The summed E-state index contributed by atoms with van der Waals surface area (Å²) in [7, 11) is -3.44. The molecular weight excluding hydrogens is 366 g/mol. The van der Waals surface area contributed by atoms with E-state index in [2.05, 4.69) is 21.2 Å². The highest BCUT2D eigenvalue weighted by Crippen LogP contribution is 2.17. The lowest BCUT2D eigenvalue weighted by Crippen LogP contribution is -2.38. The van der Waals surface area contributed by atoms with Crippen LogP contribution in [0.3, 0.4) is 0 Å². The minimum atomic E-state index is -3.44. The Labute approximate surface area is 140 Å². The number of benzene rings is 1. The van der Waals surface area contributed by atoms with Crippen molar-refractivity contribution in [3.63, 3.8) is 0 Å². The summed E-state index contributed by atoms with van der Waals surface area (Å²) < 4.78 is 25.1. The molecule has 0 bridgehead atoms. The van der Waals surface area contributed by atoms with E-state index in [0.29, 0.717) is 5.56 Å². The fraction of sp³-hybridized carbons (Fsp3) is 0.562. The smallest absolute Gasteiger partial charge is 0.235 e. The van der Waals surface area contributed by atoms with E-state index < -0.39 is 15.6 Å². The van der Waals surface area contributed by atoms with Gasteiger partial charge in [0.1, 0.15) is 5.75 Å². The zero-order chi connectivity index (χ0) is 16.0. The Morgan fingerprint density at radius 1 is 1.18 bits per heavy atom. The van der Waals surface area contributed by atoms with E-state index in [1.165, 1.54) is 12.8 Å². The van der Waals surface area contributed by atoms with Crippen LogP contribution in [0.1, 0.15) is 44.1 Å². The second-order valence-electron chi connectivity index (χ2n) is 5.92. The molecule has 0 radical (unpaired) electrons. The molecule has 4 nitrogen and oxygen atoms in total. The predicted molar refractivity (Wildman–Crippen MR) is 91.3 cm³/mol.